The van der Waals surface area contributed by atoms with Gasteiger partial charge >= 0.3 is 5.69 Å². The maximum absolute atomic E-state index is 12.7. The van der Waals surface area contributed by atoms with E-state index in [-0.39, 0.29) is 18.0 Å². The van der Waals surface area contributed by atoms with E-state index < -0.39 is 11.2 Å². The third kappa shape index (κ3) is 4.14. The van der Waals surface area contributed by atoms with Gasteiger partial charge in [0.2, 0.25) is 5.91 Å². The van der Waals surface area contributed by atoms with Gasteiger partial charge in [-0.1, -0.05) is 19.8 Å². The molecule has 0 aliphatic rings. The highest BCUT2D eigenvalue weighted by molar-refractivity contribution is 7.17. The molecule has 0 fully saturated rings. The fourth-order valence-corrected chi connectivity index (χ4v) is 3.45. The van der Waals surface area contributed by atoms with Crippen LogP contribution in [0.5, 0.6) is 0 Å². The molecule has 24 heavy (non-hydrogen) atoms. The van der Waals surface area contributed by atoms with Crippen molar-refractivity contribution in [1.82, 2.24) is 14.5 Å². The summed E-state index contributed by atoms with van der Waals surface area (Å²) >= 11 is 1.31. The highest BCUT2D eigenvalue weighted by atomic mass is 32.1. The van der Waals surface area contributed by atoms with Gasteiger partial charge in [-0.25, -0.2) is 9.36 Å². The van der Waals surface area contributed by atoms with Crippen LogP contribution in [0.3, 0.4) is 0 Å². The van der Waals surface area contributed by atoms with Gasteiger partial charge in [0.05, 0.1) is 5.52 Å². The second-order valence-electron chi connectivity index (χ2n) is 6.97. The lowest BCUT2D eigenvalue weighted by Gasteiger charge is -2.21. The number of thiophene rings is 1. The van der Waals surface area contributed by atoms with E-state index in [1.54, 1.807) is 16.0 Å². The molecule has 0 bridgehead atoms. The Morgan fingerprint density at radius 3 is 2.54 bits per heavy atom. The standard InChI is InChI=1S/C17H25N3O3S/c1-5-6-7-9-19-12-8-10-24-14(12)15(22)20(16(19)23)11-13(21)18-17(2,3)4/h8,10H,5-7,9,11H2,1-4H3,(H,18,21). The third-order valence-electron chi connectivity index (χ3n) is 3.64. The van der Waals surface area contributed by atoms with Gasteiger partial charge in [-0.2, -0.15) is 0 Å². The number of aromatic nitrogens is 2. The molecule has 0 aromatic carbocycles. The lowest BCUT2D eigenvalue weighted by Crippen LogP contribution is -2.47. The Morgan fingerprint density at radius 2 is 1.92 bits per heavy atom. The fraction of sp³-hybridized carbons (Fsp3) is 0.588. The topological polar surface area (TPSA) is 73.1 Å². The molecule has 1 N–H and O–H groups in total. The summed E-state index contributed by atoms with van der Waals surface area (Å²) < 4.78 is 3.19. The second-order valence-corrected chi connectivity index (χ2v) is 7.88. The molecule has 2 rings (SSSR count). The van der Waals surface area contributed by atoms with Gasteiger partial charge in [0, 0.05) is 12.1 Å². The van der Waals surface area contributed by atoms with Crippen LogP contribution in [0.4, 0.5) is 0 Å². The van der Waals surface area contributed by atoms with Crippen LogP contribution in [-0.2, 0) is 17.9 Å². The Morgan fingerprint density at radius 1 is 1.21 bits per heavy atom. The maximum Gasteiger partial charge on any atom is 0.332 e. The molecule has 0 saturated heterocycles. The minimum Gasteiger partial charge on any atom is -0.350 e. The fourth-order valence-electron chi connectivity index (χ4n) is 2.61. The minimum atomic E-state index is -0.411. The Bertz CT molecular complexity index is 839. The van der Waals surface area contributed by atoms with E-state index in [4.69, 9.17) is 0 Å². The van der Waals surface area contributed by atoms with E-state index in [2.05, 4.69) is 12.2 Å². The molecule has 0 aliphatic heterocycles. The molecule has 2 aromatic heterocycles. The molecule has 132 valence electrons. The number of hydrogen-bond donors (Lipinski definition) is 1. The highest BCUT2D eigenvalue weighted by Gasteiger charge is 2.19. The summed E-state index contributed by atoms with van der Waals surface area (Å²) in [6.07, 6.45) is 2.94. The van der Waals surface area contributed by atoms with Crippen molar-refractivity contribution in [2.24, 2.45) is 0 Å². The average molecular weight is 351 g/mol. The molecule has 0 unspecified atom stereocenters. The Hall–Kier alpha value is -1.89. The molecule has 2 heterocycles. The summed E-state index contributed by atoms with van der Waals surface area (Å²) in [4.78, 5) is 37.5. The first-order valence-corrected chi connectivity index (χ1v) is 9.14. The van der Waals surface area contributed by atoms with Gasteiger partial charge in [0.25, 0.3) is 5.56 Å². The molecule has 1 amide bonds. The molecule has 0 saturated carbocycles. The van der Waals surface area contributed by atoms with Crippen LogP contribution in [-0.4, -0.2) is 20.6 Å². The van der Waals surface area contributed by atoms with Crippen LogP contribution in [0.15, 0.2) is 21.0 Å². The molecule has 2 aromatic rings. The summed E-state index contributed by atoms with van der Waals surface area (Å²) in [5, 5.41) is 4.60. The summed E-state index contributed by atoms with van der Waals surface area (Å²) in [6, 6.07) is 1.80. The van der Waals surface area contributed by atoms with Crippen molar-refractivity contribution in [3.8, 4) is 0 Å². The van der Waals surface area contributed by atoms with E-state index in [0.717, 1.165) is 23.8 Å². The van der Waals surface area contributed by atoms with E-state index in [1.807, 2.05) is 20.8 Å². The average Bonchev–Trinajstić information content (AvgIpc) is 2.95. The number of nitrogens with one attached hydrogen (secondary N) is 1. The van der Waals surface area contributed by atoms with Gasteiger partial charge < -0.3 is 5.32 Å². The Balaban J connectivity index is 2.44. The number of nitrogens with zero attached hydrogens (tertiary/aromatic N) is 2. The number of carbonyl (C=O) groups excluding carboxylic acids is 1. The zero-order valence-corrected chi connectivity index (χ0v) is 15.5. The normalized spacial score (nSPS) is 11.8. The van der Waals surface area contributed by atoms with Crippen molar-refractivity contribution in [3.63, 3.8) is 0 Å². The summed E-state index contributed by atoms with van der Waals surface area (Å²) in [6.45, 7) is 7.98. The zero-order chi connectivity index (χ0) is 17.9. The highest BCUT2D eigenvalue weighted by Crippen LogP contribution is 2.16. The molecule has 0 spiro atoms. The molecule has 7 heteroatoms. The zero-order valence-electron chi connectivity index (χ0n) is 14.7. The monoisotopic (exact) mass is 351 g/mol. The van der Waals surface area contributed by atoms with Gasteiger partial charge in [0.1, 0.15) is 11.2 Å². The van der Waals surface area contributed by atoms with Crippen LogP contribution in [0.25, 0.3) is 10.2 Å². The van der Waals surface area contributed by atoms with Crippen LogP contribution in [0, 0.1) is 0 Å². The maximum atomic E-state index is 12.7. The second kappa shape index (κ2) is 7.34. The Labute approximate surface area is 145 Å². The number of unbranched alkanes of at least 4 members (excludes halogenated alkanes) is 2. The number of rotatable bonds is 6. The molecule has 0 atom stereocenters. The van der Waals surface area contributed by atoms with Crippen molar-refractivity contribution in [2.45, 2.75) is 65.6 Å². The van der Waals surface area contributed by atoms with Crippen molar-refractivity contribution in [2.75, 3.05) is 0 Å². The van der Waals surface area contributed by atoms with Gasteiger partial charge in [-0.3, -0.25) is 14.2 Å². The SMILES string of the molecule is CCCCCn1c(=O)n(CC(=O)NC(C)(C)C)c(=O)c2sccc21. The quantitative estimate of drug-likeness (QED) is 0.812. The number of hydrogen-bond acceptors (Lipinski definition) is 4. The number of carbonyl (C=O) groups is 1. The summed E-state index contributed by atoms with van der Waals surface area (Å²) in [5.41, 5.74) is -0.543. The van der Waals surface area contributed by atoms with Crippen molar-refractivity contribution >= 4 is 27.5 Å². The first-order valence-electron chi connectivity index (χ1n) is 8.26. The van der Waals surface area contributed by atoms with Crippen molar-refractivity contribution < 1.29 is 4.79 Å². The summed E-state index contributed by atoms with van der Waals surface area (Å²) in [5.74, 6) is -0.335. The lowest BCUT2D eigenvalue weighted by atomic mass is 10.1. The first-order chi connectivity index (χ1) is 11.2. The smallest absolute Gasteiger partial charge is 0.332 e. The third-order valence-corrected chi connectivity index (χ3v) is 4.53. The number of fused-ring (bicyclic) bond motifs is 1. The molecule has 0 radical (unpaired) electrons. The van der Waals surface area contributed by atoms with Crippen molar-refractivity contribution in [1.29, 1.82) is 0 Å². The number of aryl methyl sites for hydroxylation is 1. The van der Waals surface area contributed by atoms with Crippen LogP contribution < -0.4 is 16.6 Å². The van der Waals surface area contributed by atoms with Gasteiger partial charge in [0.15, 0.2) is 0 Å². The van der Waals surface area contributed by atoms with E-state index in [0.29, 0.717) is 16.8 Å². The largest absolute Gasteiger partial charge is 0.350 e. The Kier molecular flexibility index (Phi) is 5.64. The van der Waals surface area contributed by atoms with Gasteiger partial charge in [-0.15, -0.1) is 11.3 Å². The first kappa shape index (κ1) is 18.4. The van der Waals surface area contributed by atoms with Crippen molar-refractivity contribution in [3.05, 3.63) is 32.3 Å². The van der Waals surface area contributed by atoms with Crippen LogP contribution in [0.2, 0.25) is 0 Å². The lowest BCUT2D eigenvalue weighted by molar-refractivity contribution is -0.123. The van der Waals surface area contributed by atoms with E-state index in [1.165, 1.54) is 11.3 Å². The molecule has 6 nitrogen and oxygen atoms in total. The van der Waals surface area contributed by atoms with E-state index in [9.17, 15) is 14.4 Å². The predicted octanol–water partition coefficient (Wildman–Crippen LogP) is 2.33. The molecular weight excluding hydrogens is 326 g/mol. The predicted molar refractivity (Wildman–Crippen MR) is 97.8 cm³/mol. The molecular formula is C17H25N3O3S. The number of amides is 1. The van der Waals surface area contributed by atoms with E-state index >= 15 is 0 Å². The minimum absolute atomic E-state index is 0.253. The van der Waals surface area contributed by atoms with Gasteiger partial charge in [-0.05, 0) is 38.6 Å². The van der Waals surface area contributed by atoms with Crippen LogP contribution in [0.1, 0.15) is 47.0 Å². The van der Waals surface area contributed by atoms with Crippen LogP contribution >= 0.6 is 11.3 Å². The summed E-state index contributed by atoms with van der Waals surface area (Å²) in [7, 11) is 0. The molecule has 0 aliphatic carbocycles.